The largest absolute Gasteiger partial charge is 0.523 e. The monoisotopic (exact) mass is 348 g/mol. The van der Waals surface area contributed by atoms with E-state index in [9.17, 15) is 34.8 Å². The van der Waals surface area contributed by atoms with Gasteiger partial charge in [-0.25, -0.2) is 0 Å². The fourth-order valence-electron chi connectivity index (χ4n) is 0.966. The molecule has 12 heteroatoms. The molecule has 0 aromatic rings. The molecule has 0 aromatic carbocycles. The van der Waals surface area contributed by atoms with Gasteiger partial charge in [0.25, 0.3) is 0 Å². The fraction of sp³-hybridized carbons (Fsp3) is 1.00. The fourth-order valence-corrected chi connectivity index (χ4v) is 1.39. The van der Waals surface area contributed by atoms with Gasteiger partial charge in [-0.1, -0.05) is 0 Å². The van der Waals surface area contributed by atoms with Gasteiger partial charge in [-0.15, -0.1) is 0 Å². The van der Waals surface area contributed by atoms with Crippen LogP contribution >= 0.6 is 0 Å². The van der Waals surface area contributed by atoms with Crippen LogP contribution < -0.4 is 0 Å². The van der Waals surface area contributed by atoms with Crippen LogP contribution in [-0.4, -0.2) is 53.1 Å². The van der Waals surface area contributed by atoms with Crippen LogP contribution in [0.5, 0.6) is 0 Å². The summed E-state index contributed by atoms with van der Waals surface area (Å²) in [6.07, 6.45) is -5.44. The summed E-state index contributed by atoms with van der Waals surface area (Å²) in [5, 5.41) is 0. The summed E-state index contributed by atoms with van der Waals surface area (Å²) in [6.45, 7) is -1.57. The summed E-state index contributed by atoms with van der Waals surface area (Å²) in [7, 11) is -5.63. The van der Waals surface area contributed by atoms with Gasteiger partial charge in [0.1, 0.15) is 0 Å². The Morgan fingerprint density at radius 3 is 1.71 bits per heavy atom. The molecule has 0 amide bonds. The van der Waals surface area contributed by atoms with E-state index in [1.54, 1.807) is 0 Å². The smallest absolute Gasteiger partial charge is 0.379 e. The highest BCUT2D eigenvalue weighted by molar-refractivity contribution is 7.87. The predicted molar refractivity (Wildman–Crippen MR) is 57.9 cm³/mol. The number of hydrogen-bond acceptors (Lipinski definition) is 5. The van der Waals surface area contributed by atoms with Crippen LogP contribution in [0.2, 0.25) is 0 Å². The van der Waals surface area contributed by atoms with Gasteiger partial charge in [-0.3, -0.25) is 4.18 Å². The van der Waals surface area contributed by atoms with Crippen LogP contribution in [0.1, 0.15) is 12.8 Å². The maximum absolute atomic E-state index is 11.8. The highest BCUT2D eigenvalue weighted by atomic mass is 32.2. The Kier molecular flexibility index (Phi) is 8.51. The van der Waals surface area contributed by atoms with Crippen molar-refractivity contribution in [1.29, 1.82) is 0 Å². The van der Waals surface area contributed by atoms with E-state index in [-0.39, 0.29) is 26.2 Å². The van der Waals surface area contributed by atoms with Crippen molar-refractivity contribution >= 4 is 10.1 Å². The lowest BCUT2D eigenvalue weighted by Crippen LogP contribution is -2.27. The number of hydrogen-bond donors (Lipinski definition) is 0. The van der Waals surface area contributed by atoms with Crippen LogP contribution in [0.3, 0.4) is 0 Å². The zero-order chi connectivity index (χ0) is 16.6. The molecule has 0 saturated carbocycles. The number of halogens is 6. The summed E-state index contributed by atoms with van der Waals surface area (Å²) in [4.78, 5) is 0. The summed E-state index contributed by atoms with van der Waals surface area (Å²) in [6, 6.07) is 0. The highest BCUT2D eigenvalue weighted by Gasteiger charge is 2.47. The van der Waals surface area contributed by atoms with Crippen molar-refractivity contribution in [2.75, 3.05) is 33.0 Å². The first-order valence-corrected chi connectivity index (χ1v) is 7.04. The lowest BCUT2D eigenvalue weighted by molar-refractivity contribution is -0.138. The Balaban J connectivity index is 3.46. The van der Waals surface area contributed by atoms with Gasteiger partial charge in [0.05, 0.1) is 26.4 Å². The third-order valence-electron chi connectivity index (χ3n) is 1.87. The molecule has 0 unspecified atom stereocenters. The van der Waals surface area contributed by atoms with Crippen LogP contribution in [0.4, 0.5) is 26.3 Å². The number of alkyl halides is 6. The first kappa shape index (κ1) is 20.4. The Labute approximate surface area is 117 Å². The zero-order valence-electron chi connectivity index (χ0n) is 10.7. The van der Waals surface area contributed by atoms with Gasteiger partial charge in [0.2, 0.25) is 0 Å². The third kappa shape index (κ3) is 10.7. The molecule has 0 rings (SSSR count). The molecule has 0 N–H and O–H groups in total. The topological polar surface area (TPSA) is 61.8 Å². The van der Waals surface area contributed by atoms with E-state index in [0.29, 0.717) is 0 Å². The molecule has 5 nitrogen and oxygen atoms in total. The van der Waals surface area contributed by atoms with E-state index in [0.717, 1.165) is 0 Å². The first-order valence-electron chi connectivity index (χ1n) is 5.63. The first-order chi connectivity index (χ1) is 9.46. The molecule has 0 spiro atoms. The molecule has 0 atom stereocenters. The number of ether oxygens (including phenoxy) is 2. The molecule has 0 aliphatic carbocycles. The summed E-state index contributed by atoms with van der Waals surface area (Å²) < 4.78 is 105. The maximum Gasteiger partial charge on any atom is 0.523 e. The van der Waals surface area contributed by atoms with Gasteiger partial charge in [0.15, 0.2) is 0 Å². The van der Waals surface area contributed by atoms with E-state index < -0.39 is 41.4 Å². The minimum Gasteiger partial charge on any atom is -0.379 e. The van der Waals surface area contributed by atoms with Gasteiger partial charge in [-0.2, -0.15) is 34.8 Å². The Morgan fingerprint density at radius 2 is 1.24 bits per heavy atom. The van der Waals surface area contributed by atoms with Crippen LogP contribution in [0.15, 0.2) is 0 Å². The van der Waals surface area contributed by atoms with Crippen LogP contribution in [-0.2, 0) is 23.8 Å². The Bertz CT molecular complexity index is 377. The molecule has 21 heavy (non-hydrogen) atoms. The van der Waals surface area contributed by atoms with E-state index in [2.05, 4.69) is 8.92 Å². The van der Waals surface area contributed by atoms with Crippen LogP contribution in [0, 0.1) is 0 Å². The minimum absolute atomic E-state index is 0.0656. The Hall–Kier alpha value is -0.590. The van der Waals surface area contributed by atoms with E-state index in [4.69, 9.17) is 4.74 Å². The minimum atomic E-state index is -5.63. The van der Waals surface area contributed by atoms with Crippen molar-refractivity contribution in [3.63, 3.8) is 0 Å². The summed E-state index contributed by atoms with van der Waals surface area (Å²) in [5.74, 6) is 0. The molecule has 0 heterocycles. The molecule has 0 radical (unpaired) electrons. The summed E-state index contributed by atoms with van der Waals surface area (Å²) >= 11 is 0. The van der Waals surface area contributed by atoms with Gasteiger partial charge in [-0.05, 0) is 6.42 Å². The average Bonchev–Trinajstić information content (AvgIpc) is 2.28. The highest BCUT2D eigenvalue weighted by Crippen LogP contribution is 2.24. The normalized spacial score (nSPS) is 13.6. The molecular weight excluding hydrogens is 334 g/mol. The SMILES string of the molecule is O=S(=O)(OCCOCCOCCCC(F)(F)F)C(F)(F)F. The van der Waals surface area contributed by atoms with E-state index >= 15 is 0 Å². The molecule has 0 saturated heterocycles. The molecule has 0 bridgehead atoms. The summed E-state index contributed by atoms with van der Waals surface area (Å²) in [5.41, 5.74) is -5.49. The van der Waals surface area contributed by atoms with Crippen molar-refractivity contribution < 1.29 is 48.4 Å². The standard InChI is InChI=1S/C9H14F6O5S/c10-8(11,12)2-1-3-18-4-5-19-6-7-20-21(16,17)9(13,14)15/h1-7H2. The Morgan fingerprint density at radius 1 is 0.762 bits per heavy atom. The second-order valence-corrected chi connectivity index (χ2v) is 5.27. The third-order valence-corrected chi connectivity index (χ3v) is 2.91. The molecule has 0 fully saturated rings. The second kappa shape index (κ2) is 8.76. The van der Waals surface area contributed by atoms with Crippen molar-refractivity contribution in [3.8, 4) is 0 Å². The predicted octanol–water partition coefficient (Wildman–Crippen LogP) is 2.23. The molecule has 0 aliphatic heterocycles. The lowest BCUT2D eigenvalue weighted by atomic mass is 10.3. The van der Waals surface area contributed by atoms with E-state index in [1.807, 2.05) is 0 Å². The van der Waals surface area contributed by atoms with Gasteiger partial charge >= 0.3 is 21.8 Å². The van der Waals surface area contributed by atoms with Gasteiger partial charge in [0, 0.05) is 13.0 Å². The number of rotatable bonds is 10. The van der Waals surface area contributed by atoms with Crippen molar-refractivity contribution in [1.82, 2.24) is 0 Å². The maximum atomic E-state index is 11.8. The molecule has 0 aromatic heterocycles. The zero-order valence-corrected chi connectivity index (χ0v) is 11.5. The lowest BCUT2D eigenvalue weighted by Gasteiger charge is -2.09. The van der Waals surface area contributed by atoms with Crippen molar-refractivity contribution in [3.05, 3.63) is 0 Å². The average molecular weight is 348 g/mol. The molecular formula is C9H14F6O5S. The quantitative estimate of drug-likeness (QED) is 0.262. The molecule has 128 valence electrons. The van der Waals surface area contributed by atoms with E-state index in [1.165, 1.54) is 0 Å². The van der Waals surface area contributed by atoms with Crippen molar-refractivity contribution in [2.45, 2.75) is 24.5 Å². The second-order valence-electron chi connectivity index (χ2n) is 3.67. The van der Waals surface area contributed by atoms with Crippen LogP contribution in [0.25, 0.3) is 0 Å². The molecule has 0 aliphatic rings. The van der Waals surface area contributed by atoms with Crippen molar-refractivity contribution in [2.24, 2.45) is 0 Å². The van der Waals surface area contributed by atoms with Gasteiger partial charge < -0.3 is 9.47 Å².